The first-order valence-electron chi connectivity index (χ1n) is 5.99. The van der Waals surface area contributed by atoms with Gasteiger partial charge in [-0.05, 0) is 12.8 Å². The molecule has 18 heavy (non-hydrogen) atoms. The second kappa shape index (κ2) is 6.50. The van der Waals surface area contributed by atoms with Crippen LogP contribution in [0.4, 0.5) is 0 Å². The maximum atomic E-state index is 11.0. The number of unbranched alkanes of at least 4 members (excludes halogenated alkanes) is 1. The molecule has 4 heteroatoms. The van der Waals surface area contributed by atoms with Crippen molar-refractivity contribution in [3.8, 4) is 11.3 Å². The molecule has 1 aromatic carbocycles. The molecule has 0 saturated heterocycles. The van der Waals surface area contributed by atoms with Crippen LogP contribution in [0.5, 0.6) is 0 Å². The number of nitrogens with zero attached hydrogens (tertiary/aromatic N) is 2. The number of aldehydes is 1. The standard InChI is InChI=1S/C14H15BrN2O/c15-8-4-5-9-17-10-13(16-14(17)11-18)12-6-2-1-3-7-12/h1-3,6-7,10-11H,4-5,8-9H2. The van der Waals surface area contributed by atoms with E-state index in [1.807, 2.05) is 41.1 Å². The van der Waals surface area contributed by atoms with Crippen molar-refractivity contribution >= 4 is 22.2 Å². The van der Waals surface area contributed by atoms with Gasteiger partial charge in [-0.2, -0.15) is 0 Å². The molecule has 0 N–H and O–H groups in total. The van der Waals surface area contributed by atoms with Crippen LogP contribution in [0, 0.1) is 0 Å². The molecular weight excluding hydrogens is 292 g/mol. The zero-order valence-corrected chi connectivity index (χ0v) is 11.6. The number of aromatic nitrogens is 2. The summed E-state index contributed by atoms with van der Waals surface area (Å²) in [5.41, 5.74) is 1.90. The van der Waals surface area contributed by atoms with Gasteiger partial charge in [0.25, 0.3) is 0 Å². The van der Waals surface area contributed by atoms with Crippen LogP contribution in [0.25, 0.3) is 11.3 Å². The quantitative estimate of drug-likeness (QED) is 0.465. The maximum Gasteiger partial charge on any atom is 0.185 e. The van der Waals surface area contributed by atoms with Crippen LogP contribution in [0.3, 0.4) is 0 Å². The lowest BCUT2D eigenvalue weighted by molar-refractivity contribution is 0.111. The fourth-order valence-electron chi connectivity index (χ4n) is 1.83. The number of halogens is 1. The Balaban J connectivity index is 2.21. The summed E-state index contributed by atoms with van der Waals surface area (Å²) in [4.78, 5) is 15.4. The minimum absolute atomic E-state index is 0.503. The lowest BCUT2D eigenvalue weighted by atomic mass is 10.2. The highest BCUT2D eigenvalue weighted by molar-refractivity contribution is 9.09. The first-order valence-corrected chi connectivity index (χ1v) is 7.11. The number of aryl methyl sites for hydroxylation is 1. The summed E-state index contributed by atoms with van der Waals surface area (Å²) in [6.45, 7) is 0.833. The zero-order chi connectivity index (χ0) is 12.8. The van der Waals surface area contributed by atoms with E-state index in [1.165, 1.54) is 0 Å². The Morgan fingerprint density at radius 2 is 2.00 bits per heavy atom. The molecule has 2 rings (SSSR count). The third-order valence-corrected chi connectivity index (χ3v) is 3.33. The molecule has 0 unspecified atom stereocenters. The van der Waals surface area contributed by atoms with Crippen LogP contribution >= 0.6 is 15.9 Å². The van der Waals surface area contributed by atoms with E-state index >= 15 is 0 Å². The average Bonchev–Trinajstić information content (AvgIpc) is 2.83. The van der Waals surface area contributed by atoms with Gasteiger partial charge in [-0.1, -0.05) is 46.3 Å². The van der Waals surface area contributed by atoms with Gasteiger partial charge >= 0.3 is 0 Å². The lowest BCUT2D eigenvalue weighted by Gasteiger charge is -2.01. The Morgan fingerprint density at radius 3 is 2.67 bits per heavy atom. The van der Waals surface area contributed by atoms with Crippen LogP contribution in [0.1, 0.15) is 23.5 Å². The van der Waals surface area contributed by atoms with Gasteiger partial charge in [0.15, 0.2) is 12.1 Å². The molecule has 0 bridgehead atoms. The van der Waals surface area contributed by atoms with Crippen LogP contribution in [0.15, 0.2) is 36.5 Å². The van der Waals surface area contributed by atoms with E-state index in [9.17, 15) is 4.79 Å². The van der Waals surface area contributed by atoms with E-state index in [4.69, 9.17) is 0 Å². The summed E-state index contributed by atoms with van der Waals surface area (Å²) >= 11 is 3.41. The molecule has 1 aromatic heterocycles. The van der Waals surface area contributed by atoms with E-state index in [0.717, 1.165) is 42.3 Å². The first-order chi connectivity index (χ1) is 8.85. The Bertz CT molecular complexity index is 508. The van der Waals surface area contributed by atoms with Gasteiger partial charge in [-0.25, -0.2) is 4.98 Å². The topological polar surface area (TPSA) is 34.9 Å². The fraction of sp³-hybridized carbons (Fsp3) is 0.286. The predicted octanol–water partition coefficient (Wildman–Crippen LogP) is 3.54. The predicted molar refractivity (Wildman–Crippen MR) is 76.1 cm³/mol. The van der Waals surface area contributed by atoms with Crippen molar-refractivity contribution in [2.75, 3.05) is 5.33 Å². The van der Waals surface area contributed by atoms with E-state index in [0.29, 0.717) is 5.82 Å². The molecule has 3 nitrogen and oxygen atoms in total. The molecule has 0 aliphatic carbocycles. The fourth-order valence-corrected chi connectivity index (χ4v) is 2.22. The number of alkyl halides is 1. The Labute approximate surface area is 115 Å². The SMILES string of the molecule is O=Cc1nc(-c2ccccc2)cn1CCCCBr. The summed E-state index contributed by atoms with van der Waals surface area (Å²) in [6, 6.07) is 9.91. The third-order valence-electron chi connectivity index (χ3n) is 2.77. The Kier molecular flexibility index (Phi) is 4.70. The summed E-state index contributed by atoms with van der Waals surface area (Å²) in [5, 5.41) is 0.990. The van der Waals surface area contributed by atoms with Crippen molar-refractivity contribution in [1.82, 2.24) is 9.55 Å². The van der Waals surface area contributed by atoms with Crippen molar-refractivity contribution in [2.24, 2.45) is 0 Å². The first kappa shape index (κ1) is 13.0. The molecule has 0 atom stereocenters. The third kappa shape index (κ3) is 3.07. The zero-order valence-electron chi connectivity index (χ0n) is 10.1. The van der Waals surface area contributed by atoms with E-state index in [-0.39, 0.29) is 0 Å². The van der Waals surface area contributed by atoms with Gasteiger partial charge < -0.3 is 4.57 Å². The number of imidazole rings is 1. The van der Waals surface area contributed by atoms with Gasteiger partial charge in [0, 0.05) is 23.6 Å². The molecule has 0 saturated carbocycles. The molecule has 0 radical (unpaired) electrons. The summed E-state index contributed by atoms with van der Waals surface area (Å²) < 4.78 is 1.93. The number of hydrogen-bond donors (Lipinski definition) is 0. The summed E-state index contributed by atoms with van der Waals surface area (Å²) in [6.07, 6.45) is 4.90. The number of carbonyl (C=O) groups is 1. The summed E-state index contributed by atoms with van der Waals surface area (Å²) in [5.74, 6) is 0.503. The van der Waals surface area contributed by atoms with Gasteiger partial charge in [0.05, 0.1) is 5.69 Å². The van der Waals surface area contributed by atoms with Crippen molar-refractivity contribution < 1.29 is 4.79 Å². The molecular formula is C14H15BrN2O. The minimum Gasteiger partial charge on any atom is -0.328 e. The number of carbonyl (C=O) groups excluding carboxylic acids is 1. The molecule has 0 aliphatic heterocycles. The minimum atomic E-state index is 0.503. The van der Waals surface area contributed by atoms with E-state index in [1.54, 1.807) is 0 Å². The van der Waals surface area contributed by atoms with Crippen LogP contribution in [0.2, 0.25) is 0 Å². The lowest BCUT2D eigenvalue weighted by Crippen LogP contribution is -2.01. The normalized spacial score (nSPS) is 10.5. The van der Waals surface area contributed by atoms with E-state index in [2.05, 4.69) is 20.9 Å². The van der Waals surface area contributed by atoms with Gasteiger partial charge in [0.1, 0.15) is 0 Å². The van der Waals surface area contributed by atoms with E-state index < -0.39 is 0 Å². The van der Waals surface area contributed by atoms with Crippen LogP contribution in [-0.2, 0) is 6.54 Å². The van der Waals surface area contributed by atoms with Crippen molar-refractivity contribution in [1.29, 1.82) is 0 Å². The molecule has 94 valence electrons. The van der Waals surface area contributed by atoms with Crippen LogP contribution in [-0.4, -0.2) is 21.2 Å². The highest BCUT2D eigenvalue weighted by Crippen LogP contribution is 2.18. The van der Waals surface area contributed by atoms with Crippen molar-refractivity contribution in [3.05, 3.63) is 42.4 Å². The van der Waals surface area contributed by atoms with Gasteiger partial charge in [-0.15, -0.1) is 0 Å². The van der Waals surface area contributed by atoms with Gasteiger partial charge in [0.2, 0.25) is 0 Å². The number of rotatable bonds is 6. The number of hydrogen-bond acceptors (Lipinski definition) is 2. The molecule has 0 aliphatic rings. The van der Waals surface area contributed by atoms with Crippen LogP contribution < -0.4 is 0 Å². The molecule has 0 spiro atoms. The largest absolute Gasteiger partial charge is 0.328 e. The molecule has 0 fully saturated rings. The van der Waals surface area contributed by atoms with Gasteiger partial charge in [-0.3, -0.25) is 4.79 Å². The second-order valence-corrected chi connectivity index (χ2v) is 4.85. The smallest absolute Gasteiger partial charge is 0.185 e. The average molecular weight is 307 g/mol. The molecule has 0 amide bonds. The molecule has 2 aromatic rings. The monoisotopic (exact) mass is 306 g/mol. The highest BCUT2D eigenvalue weighted by atomic mass is 79.9. The summed E-state index contributed by atoms with van der Waals surface area (Å²) in [7, 11) is 0. The maximum absolute atomic E-state index is 11.0. The Morgan fingerprint density at radius 1 is 1.22 bits per heavy atom. The Hall–Kier alpha value is -1.42. The highest BCUT2D eigenvalue weighted by Gasteiger charge is 2.08. The second-order valence-electron chi connectivity index (χ2n) is 4.06. The van der Waals surface area contributed by atoms with Crippen molar-refractivity contribution in [2.45, 2.75) is 19.4 Å². The number of benzene rings is 1. The molecule has 1 heterocycles. The van der Waals surface area contributed by atoms with Crippen molar-refractivity contribution in [3.63, 3.8) is 0 Å².